The third kappa shape index (κ3) is 2.11. The van der Waals surface area contributed by atoms with Crippen molar-refractivity contribution in [2.75, 3.05) is 6.61 Å². The lowest BCUT2D eigenvalue weighted by Crippen LogP contribution is -2.46. The van der Waals surface area contributed by atoms with Crippen LogP contribution in [0.1, 0.15) is 53.4 Å². The van der Waals surface area contributed by atoms with Crippen molar-refractivity contribution in [1.82, 2.24) is 0 Å². The highest BCUT2D eigenvalue weighted by molar-refractivity contribution is 5.84. The molecule has 0 radical (unpaired) electrons. The van der Waals surface area contributed by atoms with Crippen molar-refractivity contribution in [3.8, 4) is 0 Å². The van der Waals surface area contributed by atoms with Gasteiger partial charge in [0.2, 0.25) is 0 Å². The second-order valence-electron chi connectivity index (χ2n) is 6.59. The van der Waals surface area contributed by atoms with Crippen LogP contribution in [0.15, 0.2) is 11.1 Å². The van der Waals surface area contributed by atoms with E-state index in [0.29, 0.717) is 18.4 Å². The first kappa shape index (κ1) is 15.3. The molecule has 0 spiro atoms. The highest BCUT2D eigenvalue weighted by Gasteiger charge is 2.59. The molecule has 112 valence electrons. The molecule has 2 aliphatic rings. The Balaban J connectivity index is 2.48. The summed E-state index contributed by atoms with van der Waals surface area (Å²) < 4.78 is 5.42. The highest BCUT2D eigenvalue weighted by atomic mass is 16.5. The monoisotopic (exact) mass is 278 g/mol. The summed E-state index contributed by atoms with van der Waals surface area (Å²) >= 11 is 0. The van der Waals surface area contributed by atoms with Crippen molar-refractivity contribution in [1.29, 1.82) is 0 Å². The second kappa shape index (κ2) is 5.71. The summed E-state index contributed by atoms with van der Waals surface area (Å²) in [5.74, 6) is 0.763. The smallest absolute Gasteiger partial charge is 0.312 e. The summed E-state index contributed by atoms with van der Waals surface area (Å²) in [5.41, 5.74) is 1.57. The van der Waals surface area contributed by atoms with Crippen LogP contribution in [-0.4, -0.2) is 18.9 Å². The average molecular weight is 278 g/mol. The summed E-state index contributed by atoms with van der Waals surface area (Å²) in [6.07, 6.45) is 4.61. The summed E-state index contributed by atoms with van der Waals surface area (Å²) in [4.78, 5) is 24.2. The number of carbonyl (C=O) groups is 2. The highest BCUT2D eigenvalue weighted by Crippen LogP contribution is 2.59. The molecule has 3 atom stereocenters. The molecule has 0 unspecified atom stereocenters. The number of ether oxygens (including phenoxy) is 1. The van der Waals surface area contributed by atoms with Crippen molar-refractivity contribution in [2.45, 2.75) is 53.4 Å². The molecule has 0 N–H and O–H groups in total. The molecule has 0 aliphatic heterocycles. The molecule has 0 amide bonds. The molecule has 0 aromatic rings. The van der Waals surface area contributed by atoms with Gasteiger partial charge >= 0.3 is 5.97 Å². The summed E-state index contributed by atoms with van der Waals surface area (Å²) in [5, 5.41) is 0. The number of rotatable bonds is 4. The lowest BCUT2D eigenvalue weighted by atomic mass is 9.60. The third-order valence-corrected chi connectivity index (χ3v) is 5.42. The molecule has 2 rings (SSSR count). The van der Waals surface area contributed by atoms with E-state index in [1.54, 1.807) is 0 Å². The van der Waals surface area contributed by atoms with E-state index in [4.69, 9.17) is 4.74 Å². The Kier molecular flexibility index (Phi) is 4.36. The Morgan fingerprint density at radius 1 is 1.45 bits per heavy atom. The maximum absolute atomic E-state index is 12.7. The number of carbonyl (C=O) groups excluding carboxylic acids is 2. The molecule has 0 aromatic heterocycles. The van der Waals surface area contributed by atoms with Crippen LogP contribution in [0.2, 0.25) is 0 Å². The lowest BCUT2D eigenvalue weighted by Gasteiger charge is -2.43. The van der Waals surface area contributed by atoms with Crippen LogP contribution in [0, 0.1) is 23.2 Å². The molecular formula is C17H26O3. The summed E-state index contributed by atoms with van der Waals surface area (Å²) in [6, 6.07) is 0. The number of esters is 1. The summed E-state index contributed by atoms with van der Waals surface area (Å²) in [6.45, 7) is 8.66. The maximum Gasteiger partial charge on any atom is 0.312 e. The first-order valence-corrected chi connectivity index (χ1v) is 7.81. The van der Waals surface area contributed by atoms with E-state index in [9.17, 15) is 9.59 Å². The number of hydrogen-bond donors (Lipinski definition) is 0. The predicted octanol–water partition coefficient (Wildman–Crippen LogP) is 3.53. The van der Waals surface area contributed by atoms with Gasteiger partial charge in [-0.15, -0.1) is 0 Å². The van der Waals surface area contributed by atoms with E-state index in [2.05, 4.69) is 13.8 Å². The predicted molar refractivity (Wildman–Crippen MR) is 78.1 cm³/mol. The Morgan fingerprint density at radius 2 is 2.15 bits per heavy atom. The Labute approximate surface area is 121 Å². The minimum atomic E-state index is -0.458. The summed E-state index contributed by atoms with van der Waals surface area (Å²) in [7, 11) is 0. The minimum absolute atomic E-state index is 0.0696. The molecule has 0 saturated heterocycles. The third-order valence-electron chi connectivity index (χ3n) is 5.42. The Morgan fingerprint density at radius 3 is 2.70 bits per heavy atom. The van der Waals surface area contributed by atoms with Crippen LogP contribution in [0.3, 0.4) is 0 Å². The first-order valence-electron chi connectivity index (χ1n) is 7.81. The minimum Gasteiger partial charge on any atom is -0.466 e. The van der Waals surface area contributed by atoms with Crippen molar-refractivity contribution < 1.29 is 14.3 Å². The molecular weight excluding hydrogens is 252 g/mol. The molecule has 0 heterocycles. The second-order valence-corrected chi connectivity index (χ2v) is 6.59. The number of fused-ring (bicyclic) bond motifs is 1. The van der Waals surface area contributed by atoms with Gasteiger partial charge in [-0.25, -0.2) is 0 Å². The van der Waals surface area contributed by atoms with Gasteiger partial charge in [0.05, 0.1) is 12.0 Å². The molecule has 1 saturated carbocycles. The van der Waals surface area contributed by atoms with Crippen LogP contribution < -0.4 is 0 Å². The normalized spacial score (nSPS) is 33.2. The van der Waals surface area contributed by atoms with Crippen molar-refractivity contribution in [3.63, 3.8) is 0 Å². The molecule has 0 bridgehead atoms. The molecule has 0 aromatic carbocycles. The zero-order chi connectivity index (χ0) is 14.9. The van der Waals surface area contributed by atoms with Gasteiger partial charge < -0.3 is 4.74 Å². The zero-order valence-corrected chi connectivity index (χ0v) is 13.1. The topological polar surface area (TPSA) is 43.4 Å². The van der Waals surface area contributed by atoms with Crippen LogP contribution in [0.4, 0.5) is 0 Å². The largest absolute Gasteiger partial charge is 0.466 e. The fraction of sp³-hybridized carbons (Fsp3) is 0.765. The number of aldehydes is 1. The van der Waals surface area contributed by atoms with E-state index in [1.807, 2.05) is 13.8 Å². The quantitative estimate of drug-likeness (QED) is 0.583. The first-order chi connectivity index (χ1) is 9.48. The SMILES string of the molecule is CCOC(=O)[C@]12CCC(C)=C(C=O)[C@@H]1CC[C@@H]2C(C)C. The van der Waals surface area contributed by atoms with Gasteiger partial charge in [-0.2, -0.15) is 0 Å². The van der Waals surface area contributed by atoms with Crippen molar-refractivity contribution in [2.24, 2.45) is 23.2 Å². The van der Waals surface area contributed by atoms with Gasteiger partial charge in [0.1, 0.15) is 6.29 Å². The van der Waals surface area contributed by atoms with Crippen LogP contribution in [0.25, 0.3) is 0 Å². The van der Waals surface area contributed by atoms with Crippen molar-refractivity contribution >= 4 is 12.3 Å². The number of hydrogen-bond acceptors (Lipinski definition) is 3. The fourth-order valence-corrected chi connectivity index (χ4v) is 4.52. The van der Waals surface area contributed by atoms with Gasteiger partial charge in [0.25, 0.3) is 0 Å². The Bertz CT molecular complexity index is 436. The Hall–Kier alpha value is -1.12. The molecule has 3 nitrogen and oxygen atoms in total. The van der Waals surface area contributed by atoms with Crippen LogP contribution in [-0.2, 0) is 14.3 Å². The number of allylic oxidation sites excluding steroid dienone is 2. The average Bonchev–Trinajstić information content (AvgIpc) is 2.79. The van der Waals surface area contributed by atoms with Gasteiger partial charge in [-0.05, 0) is 56.9 Å². The van der Waals surface area contributed by atoms with E-state index < -0.39 is 5.41 Å². The molecule has 1 fully saturated rings. The molecule has 3 heteroatoms. The molecule has 20 heavy (non-hydrogen) atoms. The van der Waals surface area contributed by atoms with E-state index in [1.165, 1.54) is 0 Å². The van der Waals surface area contributed by atoms with Gasteiger partial charge in [0, 0.05) is 5.92 Å². The van der Waals surface area contributed by atoms with E-state index >= 15 is 0 Å². The lowest BCUT2D eigenvalue weighted by molar-refractivity contribution is -0.162. The molecule has 2 aliphatic carbocycles. The standard InChI is InChI=1S/C17H26O3/c1-5-20-16(19)17-9-8-12(4)13(10-18)15(17)7-6-14(17)11(2)3/h10-11,14-15H,5-9H2,1-4H3/t14-,15+,17+/m1/s1. The van der Waals surface area contributed by atoms with Gasteiger partial charge in [0.15, 0.2) is 0 Å². The van der Waals surface area contributed by atoms with E-state index in [-0.39, 0.29) is 11.9 Å². The van der Waals surface area contributed by atoms with E-state index in [0.717, 1.165) is 43.1 Å². The maximum atomic E-state index is 12.7. The van der Waals surface area contributed by atoms with Gasteiger partial charge in [-0.3, -0.25) is 9.59 Å². The zero-order valence-electron chi connectivity index (χ0n) is 13.1. The fourth-order valence-electron chi connectivity index (χ4n) is 4.52. The van der Waals surface area contributed by atoms with Gasteiger partial charge in [-0.1, -0.05) is 19.4 Å². The van der Waals surface area contributed by atoms with Crippen LogP contribution in [0.5, 0.6) is 0 Å². The van der Waals surface area contributed by atoms with Crippen molar-refractivity contribution in [3.05, 3.63) is 11.1 Å². The van der Waals surface area contributed by atoms with Crippen LogP contribution >= 0.6 is 0 Å².